The zero-order valence-corrected chi connectivity index (χ0v) is 13.0. The van der Waals surface area contributed by atoms with Crippen molar-refractivity contribution in [2.24, 2.45) is 5.73 Å². The summed E-state index contributed by atoms with van der Waals surface area (Å²) < 4.78 is 5.69. The molecule has 1 aromatic heterocycles. The van der Waals surface area contributed by atoms with Crippen LogP contribution in [0, 0.1) is 0 Å². The normalized spacial score (nSPS) is 11.7. The summed E-state index contributed by atoms with van der Waals surface area (Å²) in [6.07, 6.45) is 4.50. The molecule has 1 atom stereocenters. The molecular formula is C18H23N3O. The highest BCUT2D eigenvalue weighted by molar-refractivity contribution is 5.61. The number of hydrogen-bond acceptors (Lipinski definition) is 4. The molecule has 0 unspecified atom stereocenters. The summed E-state index contributed by atoms with van der Waals surface area (Å²) in [5.74, 6) is 0.761. The van der Waals surface area contributed by atoms with E-state index in [0.717, 1.165) is 29.0 Å². The van der Waals surface area contributed by atoms with E-state index < -0.39 is 0 Å². The largest absolute Gasteiger partial charge is 0.490 e. The molecule has 3 N–H and O–H groups in total. The van der Waals surface area contributed by atoms with Crippen molar-refractivity contribution in [1.82, 2.24) is 10.3 Å². The molecule has 0 aliphatic heterocycles. The number of pyridine rings is 1. The van der Waals surface area contributed by atoms with Crippen LogP contribution in [0.25, 0.3) is 5.70 Å². The van der Waals surface area contributed by atoms with Crippen LogP contribution in [0.3, 0.4) is 0 Å². The van der Waals surface area contributed by atoms with Crippen LogP contribution in [-0.4, -0.2) is 24.2 Å². The smallest absolute Gasteiger partial charge is 0.137 e. The summed E-state index contributed by atoms with van der Waals surface area (Å²) in [6.45, 7) is 7.15. The number of benzene rings is 1. The van der Waals surface area contributed by atoms with Crippen molar-refractivity contribution in [3.63, 3.8) is 0 Å². The Kier molecular flexibility index (Phi) is 5.98. The van der Waals surface area contributed by atoms with E-state index in [0.29, 0.717) is 13.2 Å². The lowest BCUT2D eigenvalue weighted by Gasteiger charge is -2.16. The number of nitrogens with two attached hydrogens (primary N) is 1. The summed E-state index contributed by atoms with van der Waals surface area (Å²) in [7, 11) is 0. The van der Waals surface area contributed by atoms with Crippen LogP contribution in [0.15, 0.2) is 55.4 Å². The Balaban J connectivity index is 1.76. The Morgan fingerprint density at radius 1 is 1.32 bits per heavy atom. The summed E-state index contributed by atoms with van der Waals surface area (Å²) in [6, 6.07) is 11.9. The molecule has 0 spiro atoms. The summed E-state index contributed by atoms with van der Waals surface area (Å²) in [5.41, 5.74) is 9.16. The fraction of sp³-hybridized carbons (Fsp3) is 0.278. The van der Waals surface area contributed by atoms with Gasteiger partial charge in [0, 0.05) is 18.4 Å². The third kappa shape index (κ3) is 4.90. The summed E-state index contributed by atoms with van der Waals surface area (Å²) in [5, 5.41) is 3.24. The van der Waals surface area contributed by atoms with E-state index in [1.165, 1.54) is 0 Å². The number of aromatic nitrogens is 1. The molecule has 2 aromatic rings. The van der Waals surface area contributed by atoms with E-state index in [9.17, 15) is 0 Å². The van der Waals surface area contributed by atoms with E-state index in [-0.39, 0.29) is 6.04 Å². The second-order valence-corrected chi connectivity index (χ2v) is 5.18. The van der Waals surface area contributed by atoms with Gasteiger partial charge in [0.25, 0.3) is 0 Å². The van der Waals surface area contributed by atoms with Gasteiger partial charge >= 0.3 is 0 Å². The topological polar surface area (TPSA) is 60.2 Å². The number of rotatable bonds is 8. The third-order valence-electron chi connectivity index (χ3n) is 3.34. The third-order valence-corrected chi connectivity index (χ3v) is 3.34. The van der Waals surface area contributed by atoms with Gasteiger partial charge in [0.05, 0.1) is 12.2 Å². The van der Waals surface area contributed by atoms with E-state index in [1.807, 2.05) is 42.6 Å². The van der Waals surface area contributed by atoms with Crippen molar-refractivity contribution < 1.29 is 4.74 Å². The minimum atomic E-state index is -0.120. The average Bonchev–Trinajstić information content (AvgIpc) is 2.58. The van der Waals surface area contributed by atoms with E-state index in [4.69, 9.17) is 10.5 Å². The average molecular weight is 297 g/mol. The van der Waals surface area contributed by atoms with Gasteiger partial charge in [-0.2, -0.15) is 0 Å². The fourth-order valence-corrected chi connectivity index (χ4v) is 1.99. The van der Waals surface area contributed by atoms with Crippen LogP contribution < -0.4 is 15.8 Å². The van der Waals surface area contributed by atoms with E-state index in [1.54, 1.807) is 6.20 Å². The molecule has 4 heteroatoms. The Labute approximate surface area is 132 Å². The number of nitrogens with zero attached hydrogens (tertiary/aromatic N) is 1. The first-order valence-corrected chi connectivity index (χ1v) is 7.49. The molecule has 0 fully saturated rings. The molecule has 116 valence electrons. The number of hydrogen-bond donors (Lipinski definition) is 2. The van der Waals surface area contributed by atoms with Crippen molar-refractivity contribution in [1.29, 1.82) is 0 Å². The standard InChI is InChI=1S/C18H23N3O/c1-3-15-9-18(12-20-10-15)22-13-17(19)11-21-14(2)16-7-5-4-6-8-16/h4-10,12,17,21H,2-3,11,13,19H2,1H3/t17-/m0/s1. The molecule has 0 aliphatic carbocycles. The zero-order chi connectivity index (χ0) is 15.8. The number of aryl methyl sites for hydroxylation is 1. The maximum Gasteiger partial charge on any atom is 0.137 e. The van der Waals surface area contributed by atoms with Gasteiger partial charge in [-0.3, -0.25) is 4.98 Å². The molecule has 0 saturated carbocycles. The molecule has 4 nitrogen and oxygen atoms in total. The fourth-order valence-electron chi connectivity index (χ4n) is 1.99. The van der Waals surface area contributed by atoms with Gasteiger partial charge in [0.2, 0.25) is 0 Å². The SMILES string of the molecule is C=C(NC[C@H](N)COc1cncc(CC)c1)c1ccccc1. The molecular weight excluding hydrogens is 274 g/mol. The number of ether oxygens (including phenoxy) is 1. The first-order valence-electron chi connectivity index (χ1n) is 7.49. The zero-order valence-electron chi connectivity index (χ0n) is 13.0. The molecule has 0 saturated heterocycles. The predicted molar refractivity (Wildman–Crippen MR) is 90.6 cm³/mol. The summed E-state index contributed by atoms with van der Waals surface area (Å²) in [4.78, 5) is 4.15. The highest BCUT2D eigenvalue weighted by Gasteiger charge is 2.06. The van der Waals surface area contributed by atoms with Crippen molar-refractivity contribution in [2.75, 3.05) is 13.2 Å². The Morgan fingerprint density at radius 2 is 2.09 bits per heavy atom. The molecule has 0 aliphatic rings. The van der Waals surface area contributed by atoms with Crippen molar-refractivity contribution >= 4 is 5.70 Å². The van der Waals surface area contributed by atoms with Crippen LogP contribution in [0.5, 0.6) is 5.75 Å². The Hall–Kier alpha value is -2.33. The lowest BCUT2D eigenvalue weighted by atomic mass is 10.2. The van der Waals surface area contributed by atoms with Gasteiger partial charge in [-0.25, -0.2) is 0 Å². The van der Waals surface area contributed by atoms with Crippen molar-refractivity contribution in [3.05, 3.63) is 66.5 Å². The predicted octanol–water partition coefficient (Wildman–Crippen LogP) is 2.61. The molecule has 0 radical (unpaired) electrons. The maximum absolute atomic E-state index is 6.07. The van der Waals surface area contributed by atoms with E-state index >= 15 is 0 Å². The molecule has 22 heavy (non-hydrogen) atoms. The van der Waals surface area contributed by atoms with Crippen LogP contribution in [0.4, 0.5) is 0 Å². The van der Waals surface area contributed by atoms with Gasteiger partial charge in [-0.1, -0.05) is 43.8 Å². The molecule has 0 amide bonds. The maximum atomic E-state index is 6.07. The lowest BCUT2D eigenvalue weighted by molar-refractivity contribution is 0.286. The molecule has 0 bridgehead atoms. The summed E-state index contributed by atoms with van der Waals surface area (Å²) >= 11 is 0. The monoisotopic (exact) mass is 297 g/mol. The minimum Gasteiger partial charge on any atom is -0.490 e. The van der Waals surface area contributed by atoms with Gasteiger partial charge in [0.15, 0.2) is 0 Å². The first-order chi connectivity index (χ1) is 10.7. The highest BCUT2D eigenvalue weighted by Crippen LogP contribution is 2.12. The van der Waals surface area contributed by atoms with Crippen LogP contribution in [0.1, 0.15) is 18.1 Å². The number of nitrogens with one attached hydrogen (secondary N) is 1. The van der Waals surface area contributed by atoms with Gasteiger partial charge < -0.3 is 15.8 Å². The van der Waals surface area contributed by atoms with Crippen LogP contribution in [-0.2, 0) is 6.42 Å². The Morgan fingerprint density at radius 3 is 2.82 bits per heavy atom. The van der Waals surface area contributed by atoms with Crippen molar-refractivity contribution in [3.8, 4) is 5.75 Å². The van der Waals surface area contributed by atoms with Crippen LogP contribution in [0.2, 0.25) is 0 Å². The second-order valence-electron chi connectivity index (χ2n) is 5.18. The van der Waals surface area contributed by atoms with Crippen molar-refractivity contribution in [2.45, 2.75) is 19.4 Å². The lowest BCUT2D eigenvalue weighted by Crippen LogP contribution is -2.37. The minimum absolute atomic E-state index is 0.120. The first kappa shape index (κ1) is 16.0. The molecule has 2 rings (SSSR count). The van der Waals surface area contributed by atoms with E-state index in [2.05, 4.69) is 23.8 Å². The Bertz CT molecular complexity index is 598. The molecule has 1 heterocycles. The van der Waals surface area contributed by atoms with Gasteiger partial charge in [-0.05, 0) is 23.6 Å². The van der Waals surface area contributed by atoms with Gasteiger partial charge in [-0.15, -0.1) is 0 Å². The quantitative estimate of drug-likeness (QED) is 0.786. The molecule has 1 aromatic carbocycles. The highest BCUT2D eigenvalue weighted by atomic mass is 16.5. The second kappa shape index (κ2) is 8.20. The van der Waals surface area contributed by atoms with Crippen LogP contribution >= 0.6 is 0 Å². The van der Waals surface area contributed by atoms with Gasteiger partial charge in [0.1, 0.15) is 12.4 Å².